The lowest BCUT2D eigenvalue weighted by Crippen LogP contribution is -2.44. The highest BCUT2D eigenvalue weighted by Crippen LogP contribution is 2.20. The van der Waals surface area contributed by atoms with Crippen molar-refractivity contribution >= 4 is 29.4 Å². The van der Waals surface area contributed by atoms with Gasteiger partial charge < -0.3 is 14.8 Å². The number of piperidine rings is 1. The minimum Gasteiger partial charge on any atom is -0.550 e. The van der Waals surface area contributed by atoms with E-state index >= 15 is 0 Å². The fraction of sp³-hybridized carbons (Fsp3) is 0.533. The zero-order chi connectivity index (χ0) is 17.3. The predicted octanol–water partition coefficient (Wildman–Crippen LogP) is -0.178. The Morgan fingerprint density at radius 2 is 2.00 bits per heavy atom. The average molecular weight is 348 g/mol. The minimum absolute atomic E-state index is 0.0310. The van der Waals surface area contributed by atoms with E-state index in [4.69, 9.17) is 0 Å². The lowest BCUT2D eigenvalue weighted by Gasteiger charge is -2.32. The fourth-order valence-corrected chi connectivity index (χ4v) is 3.51. The largest absolute Gasteiger partial charge is 0.550 e. The van der Waals surface area contributed by atoms with Crippen molar-refractivity contribution in [2.75, 3.05) is 18.8 Å². The second-order valence-electron chi connectivity index (χ2n) is 5.91. The van der Waals surface area contributed by atoms with Crippen molar-refractivity contribution in [3.63, 3.8) is 0 Å². The maximum absolute atomic E-state index is 12.2. The Morgan fingerprint density at radius 1 is 1.29 bits per heavy atom. The van der Waals surface area contributed by atoms with Gasteiger partial charge in [-0.2, -0.15) is 4.98 Å². The summed E-state index contributed by atoms with van der Waals surface area (Å²) in [6.45, 7) is 4.73. The van der Waals surface area contributed by atoms with E-state index < -0.39 is 11.9 Å². The Bertz CT molecular complexity index is 783. The highest BCUT2D eigenvalue weighted by molar-refractivity contribution is 7.99. The van der Waals surface area contributed by atoms with E-state index in [1.54, 1.807) is 9.42 Å². The topological polar surface area (TPSA) is 104 Å². The van der Waals surface area contributed by atoms with Crippen LogP contribution in [0.25, 0.3) is 5.78 Å². The highest BCUT2D eigenvalue weighted by Gasteiger charge is 2.23. The Balaban J connectivity index is 1.59. The van der Waals surface area contributed by atoms with Crippen LogP contribution in [0.15, 0.2) is 11.2 Å². The Hall–Kier alpha value is -2.16. The molecular weight excluding hydrogens is 330 g/mol. The molecule has 1 fully saturated rings. The molecule has 1 aliphatic rings. The summed E-state index contributed by atoms with van der Waals surface area (Å²) in [6, 6.07) is 1.92. The number of fused-ring (bicyclic) bond motifs is 1. The number of aromatic nitrogens is 4. The minimum atomic E-state index is -1.02. The Labute approximate surface area is 143 Å². The molecular formula is C15H18N5O3S-. The Morgan fingerprint density at radius 3 is 2.67 bits per heavy atom. The van der Waals surface area contributed by atoms with E-state index in [2.05, 4.69) is 15.1 Å². The molecule has 0 unspecified atom stereocenters. The average Bonchev–Trinajstić information content (AvgIpc) is 2.96. The summed E-state index contributed by atoms with van der Waals surface area (Å²) < 4.78 is 1.66. The maximum atomic E-state index is 12.2. The van der Waals surface area contributed by atoms with E-state index in [1.807, 2.05) is 19.9 Å². The summed E-state index contributed by atoms with van der Waals surface area (Å²) >= 11 is 1.27. The number of thioether (sulfide) groups is 1. The van der Waals surface area contributed by atoms with Crippen LogP contribution >= 0.6 is 11.8 Å². The smallest absolute Gasteiger partial charge is 0.253 e. The van der Waals surface area contributed by atoms with Crippen LogP contribution in [0, 0.1) is 19.8 Å². The first kappa shape index (κ1) is 16.7. The molecule has 8 nitrogen and oxygen atoms in total. The van der Waals surface area contributed by atoms with Crippen LogP contribution in [0.4, 0.5) is 0 Å². The number of aliphatic carboxylic acids is 1. The number of likely N-dealkylation sites (tertiary alicyclic amines) is 1. The molecule has 3 rings (SSSR count). The van der Waals surface area contributed by atoms with Crippen LogP contribution in [0.5, 0.6) is 0 Å². The molecule has 0 bridgehead atoms. The quantitative estimate of drug-likeness (QED) is 0.706. The van der Waals surface area contributed by atoms with Crippen LogP contribution in [0.3, 0.4) is 0 Å². The molecule has 2 aromatic heterocycles. The molecule has 128 valence electrons. The third kappa shape index (κ3) is 3.50. The monoisotopic (exact) mass is 348 g/mol. The van der Waals surface area contributed by atoms with Crippen LogP contribution < -0.4 is 5.11 Å². The second-order valence-corrected chi connectivity index (χ2v) is 6.85. The van der Waals surface area contributed by atoms with Crippen LogP contribution in [-0.2, 0) is 9.59 Å². The molecule has 0 radical (unpaired) electrons. The number of hydrogen-bond acceptors (Lipinski definition) is 7. The van der Waals surface area contributed by atoms with Gasteiger partial charge in [0.05, 0.1) is 5.75 Å². The summed E-state index contributed by atoms with van der Waals surface area (Å²) in [7, 11) is 0. The summed E-state index contributed by atoms with van der Waals surface area (Å²) in [5, 5.41) is 15.7. The first-order valence-corrected chi connectivity index (χ1v) is 8.75. The number of carbonyl (C=O) groups is 2. The van der Waals surface area contributed by atoms with Gasteiger partial charge in [-0.25, -0.2) is 9.50 Å². The van der Waals surface area contributed by atoms with Gasteiger partial charge >= 0.3 is 0 Å². The highest BCUT2D eigenvalue weighted by atomic mass is 32.2. The van der Waals surface area contributed by atoms with E-state index in [1.165, 1.54) is 11.8 Å². The number of amides is 1. The van der Waals surface area contributed by atoms with Gasteiger partial charge in [0.25, 0.3) is 5.78 Å². The number of rotatable bonds is 4. The number of carbonyl (C=O) groups excluding carboxylic acids is 2. The molecule has 0 N–H and O–H groups in total. The molecule has 1 saturated heterocycles. The molecule has 0 saturated carbocycles. The molecule has 0 atom stereocenters. The lowest BCUT2D eigenvalue weighted by atomic mass is 9.97. The Kier molecular flexibility index (Phi) is 4.70. The second kappa shape index (κ2) is 6.76. The molecule has 3 heterocycles. The van der Waals surface area contributed by atoms with Gasteiger partial charge in [-0.15, -0.1) is 5.10 Å². The first-order chi connectivity index (χ1) is 11.4. The number of nitrogens with zero attached hydrogens (tertiary/aromatic N) is 5. The lowest BCUT2D eigenvalue weighted by molar-refractivity contribution is -0.312. The van der Waals surface area contributed by atoms with E-state index in [-0.39, 0.29) is 11.7 Å². The van der Waals surface area contributed by atoms with Crippen molar-refractivity contribution in [1.29, 1.82) is 0 Å². The maximum Gasteiger partial charge on any atom is 0.253 e. The van der Waals surface area contributed by atoms with Crippen LogP contribution in [0.1, 0.15) is 24.2 Å². The van der Waals surface area contributed by atoms with Crippen molar-refractivity contribution in [2.24, 2.45) is 5.92 Å². The summed E-state index contributed by atoms with van der Waals surface area (Å²) in [6.07, 6.45) is 0.904. The van der Waals surface area contributed by atoms with Gasteiger partial charge in [-0.05, 0) is 32.8 Å². The summed E-state index contributed by atoms with van der Waals surface area (Å²) in [5.41, 5.74) is 1.81. The predicted molar refractivity (Wildman–Crippen MR) is 85.3 cm³/mol. The molecule has 9 heteroatoms. The standard InChI is InChI=1S/C15H19N5O3S/c1-9-7-10(2)20-14(16-9)17-15(18-20)24-8-12(21)19-5-3-11(4-6-19)13(22)23/h7,11H,3-6,8H2,1-2H3,(H,22,23)/p-1. The molecule has 0 aliphatic carbocycles. The van der Waals surface area contributed by atoms with Crippen molar-refractivity contribution in [2.45, 2.75) is 31.8 Å². The van der Waals surface area contributed by atoms with Crippen molar-refractivity contribution in [1.82, 2.24) is 24.5 Å². The molecule has 1 aliphatic heterocycles. The van der Waals surface area contributed by atoms with E-state index in [0.29, 0.717) is 36.9 Å². The molecule has 1 amide bonds. The zero-order valence-electron chi connectivity index (χ0n) is 13.6. The number of hydrogen-bond donors (Lipinski definition) is 0. The van der Waals surface area contributed by atoms with Gasteiger partial charge in [-0.1, -0.05) is 11.8 Å². The van der Waals surface area contributed by atoms with E-state index in [0.717, 1.165) is 11.4 Å². The number of aryl methyl sites for hydroxylation is 2. The molecule has 2 aromatic rings. The normalized spacial score (nSPS) is 15.8. The van der Waals surface area contributed by atoms with Crippen molar-refractivity contribution < 1.29 is 14.7 Å². The molecule has 0 aromatic carbocycles. The van der Waals surface area contributed by atoms with Crippen molar-refractivity contribution in [3.8, 4) is 0 Å². The van der Waals surface area contributed by atoms with Gasteiger partial charge in [0.2, 0.25) is 11.1 Å². The third-order valence-electron chi connectivity index (χ3n) is 4.10. The van der Waals surface area contributed by atoms with Gasteiger partial charge in [-0.3, -0.25) is 4.79 Å². The van der Waals surface area contributed by atoms with Crippen LogP contribution in [-0.4, -0.2) is 55.2 Å². The number of carboxylic acids is 1. The van der Waals surface area contributed by atoms with Crippen LogP contribution in [0.2, 0.25) is 0 Å². The summed E-state index contributed by atoms with van der Waals surface area (Å²) in [5.74, 6) is -0.748. The molecule has 0 spiro atoms. The van der Waals surface area contributed by atoms with E-state index in [9.17, 15) is 14.7 Å². The third-order valence-corrected chi connectivity index (χ3v) is 4.93. The van der Waals surface area contributed by atoms with Gasteiger partial charge in [0.1, 0.15) is 0 Å². The molecule has 24 heavy (non-hydrogen) atoms. The zero-order valence-corrected chi connectivity index (χ0v) is 14.4. The van der Waals surface area contributed by atoms with Crippen molar-refractivity contribution in [3.05, 3.63) is 17.5 Å². The number of carboxylic acid groups (broad SMARTS) is 1. The van der Waals surface area contributed by atoms with Gasteiger partial charge in [0.15, 0.2) is 0 Å². The summed E-state index contributed by atoms with van der Waals surface area (Å²) in [4.78, 5) is 33.4. The fourth-order valence-electron chi connectivity index (χ4n) is 2.79. The first-order valence-electron chi connectivity index (χ1n) is 7.76. The van der Waals surface area contributed by atoms with Gasteiger partial charge in [0, 0.05) is 36.4 Å². The SMILES string of the molecule is Cc1cc(C)n2nc(SCC(=O)N3CCC(C(=O)[O-])CC3)nc2n1.